The second-order valence-corrected chi connectivity index (χ2v) is 5.83. The average molecular weight is 208 g/mol. The van der Waals surface area contributed by atoms with Gasteiger partial charge in [-0.1, -0.05) is 6.42 Å². The molecular weight excluding hydrogens is 188 g/mol. The van der Waals surface area contributed by atoms with E-state index >= 15 is 0 Å². The normalized spacial score (nSPS) is 47.7. The van der Waals surface area contributed by atoms with Crippen LogP contribution in [0.25, 0.3) is 0 Å². The van der Waals surface area contributed by atoms with Gasteiger partial charge in [-0.15, -0.1) is 0 Å². The average Bonchev–Trinajstić information content (AvgIpc) is 2.61. The second kappa shape index (κ2) is 3.23. The van der Waals surface area contributed by atoms with E-state index in [1.165, 1.54) is 32.1 Å². The summed E-state index contributed by atoms with van der Waals surface area (Å²) in [6.45, 7) is 1.54. The molecule has 4 unspecified atom stereocenters. The van der Waals surface area contributed by atoms with E-state index in [-0.39, 0.29) is 12.1 Å². The fourth-order valence-electron chi connectivity index (χ4n) is 4.72. The van der Waals surface area contributed by atoms with Crippen molar-refractivity contribution in [3.63, 3.8) is 0 Å². The summed E-state index contributed by atoms with van der Waals surface area (Å²) >= 11 is 0. The Morgan fingerprint density at radius 1 is 1.33 bits per heavy atom. The summed E-state index contributed by atoms with van der Waals surface area (Å²) in [7, 11) is 0. The molecule has 2 bridgehead atoms. The predicted molar refractivity (Wildman–Crippen MR) is 57.3 cm³/mol. The van der Waals surface area contributed by atoms with Gasteiger partial charge in [-0.2, -0.15) is 0 Å². The molecule has 2 heteroatoms. The van der Waals surface area contributed by atoms with Crippen LogP contribution in [-0.4, -0.2) is 12.1 Å². The maximum absolute atomic E-state index is 11.0. The summed E-state index contributed by atoms with van der Waals surface area (Å²) in [5.41, 5.74) is 0.586. The van der Waals surface area contributed by atoms with Crippen LogP contribution >= 0.6 is 0 Å². The van der Waals surface area contributed by atoms with E-state index in [4.69, 9.17) is 4.74 Å². The van der Waals surface area contributed by atoms with E-state index in [2.05, 4.69) is 0 Å². The van der Waals surface area contributed by atoms with Gasteiger partial charge in [0.05, 0.1) is 0 Å². The van der Waals surface area contributed by atoms with Gasteiger partial charge in [0.2, 0.25) is 0 Å². The van der Waals surface area contributed by atoms with Crippen molar-refractivity contribution in [1.29, 1.82) is 0 Å². The molecule has 3 aliphatic carbocycles. The molecule has 0 radical (unpaired) electrons. The molecule has 0 aromatic heterocycles. The van der Waals surface area contributed by atoms with Crippen LogP contribution in [0.15, 0.2) is 0 Å². The minimum atomic E-state index is -0.0905. The van der Waals surface area contributed by atoms with Gasteiger partial charge in [-0.05, 0) is 55.8 Å². The highest BCUT2D eigenvalue weighted by Crippen LogP contribution is 2.63. The highest BCUT2D eigenvalue weighted by molar-refractivity contribution is 5.66. The Labute approximate surface area is 91.4 Å². The maximum Gasteiger partial charge on any atom is 0.302 e. The van der Waals surface area contributed by atoms with Gasteiger partial charge < -0.3 is 4.74 Å². The molecule has 0 aromatic rings. The zero-order valence-corrected chi connectivity index (χ0v) is 9.50. The summed E-state index contributed by atoms with van der Waals surface area (Å²) in [4.78, 5) is 11.0. The smallest absolute Gasteiger partial charge is 0.302 e. The summed E-state index contributed by atoms with van der Waals surface area (Å²) in [5, 5.41) is 0. The lowest BCUT2D eigenvalue weighted by Gasteiger charge is -2.40. The third kappa shape index (κ3) is 1.41. The topological polar surface area (TPSA) is 26.3 Å². The minimum absolute atomic E-state index is 0.0905. The van der Waals surface area contributed by atoms with Crippen LogP contribution in [0, 0.1) is 17.3 Å². The van der Waals surface area contributed by atoms with Crippen molar-refractivity contribution in [2.24, 2.45) is 17.3 Å². The van der Waals surface area contributed by atoms with E-state index in [9.17, 15) is 4.79 Å². The number of rotatable bonds is 1. The van der Waals surface area contributed by atoms with Crippen molar-refractivity contribution < 1.29 is 9.53 Å². The number of esters is 1. The van der Waals surface area contributed by atoms with E-state index in [0.29, 0.717) is 5.41 Å². The summed E-state index contributed by atoms with van der Waals surface area (Å²) in [5.74, 6) is 1.75. The van der Waals surface area contributed by atoms with Gasteiger partial charge >= 0.3 is 5.97 Å². The van der Waals surface area contributed by atoms with Crippen molar-refractivity contribution in [2.45, 2.75) is 58.0 Å². The van der Waals surface area contributed by atoms with E-state index in [0.717, 1.165) is 24.7 Å². The summed E-state index contributed by atoms with van der Waals surface area (Å²) < 4.78 is 5.44. The molecular formula is C13H20O2. The van der Waals surface area contributed by atoms with Gasteiger partial charge in [-0.25, -0.2) is 0 Å². The summed E-state index contributed by atoms with van der Waals surface area (Å²) in [6, 6.07) is 0. The van der Waals surface area contributed by atoms with Crippen molar-refractivity contribution in [1.82, 2.24) is 0 Å². The van der Waals surface area contributed by atoms with Crippen LogP contribution in [0.3, 0.4) is 0 Å². The molecule has 0 heterocycles. The van der Waals surface area contributed by atoms with Crippen LogP contribution < -0.4 is 0 Å². The molecule has 3 rings (SSSR count). The van der Waals surface area contributed by atoms with Gasteiger partial charge in [0.15, 0.2) is 0 Å². The Bertz CT molecular complexity index is 286. The molecule has 0 aliphatic heterocycles. The lowest BCUT2D eigenvalue weighted by molar-refractivity contribution is -0.151. The quantitative estimate of drug-likeness (QED) is 0.619. The fraction of sp³-hybridized carbons (Fsp3) is 0.923. The molecule has 84 valence electrons. The zero-order valence-electron chi connectivity index (χ0n) is 9.50. The molecule has 3 aliphatic rings. The van der Waals surface area contributed by atoms with Crippen LogP contribution in [0.2, 0.25) is 0 Å². The molecule has 3 fully saturated rings. The highest BCUT2D eigenvalue weighted by atomic mass is 16.5. The molecule has 2 nitrogen and oxygen atoms in total. The van der Waals surface area contributed by atoms with Crippen LogP contribution in [-0.2, 0) is 9.53 Å². The number of ether oxygens (including phenoxy) is 1. The predicted octanol–water partition coefficient (Wildman–Crippen LogP) is 2.91. The first-order valence-corrected chi connectivity index (χ1v) is 6.37. The van der Waals surface area contributed by atoms with E-state index in [1.807, 2.05) is 0 Å². The Morgan fingerprint density at radius 3 is 3.00 bits per heavy atom. The SMILES string of the molecule is CC(=O)OC1CC2CCC3(CCCC23)C1. The number of carbonyl (C=O) groups excluding carboxylic acids is 1. The molecule has 0 spiro atoms. The lowest BCUT2D eigenvalue weighted by Crippen LogP contribution is -2.36. The van der Waals surface area contributed by atoms with Crippen molar-refractivity contribution in [3.8, 4) is 0 Å². The fourth-order valence-corrected chi connectivity index (χ4v) is 4.72. The highest BCUT2D eigenvalue weighted by Gasteiger charge is 2.55. The first-order valence-electron chi connectivity index (χ1n) is 6.37. The van der Waals surface area contributed by atoms with Crippen LogP contribution in [0.5, 0.6) is 0 Å². The number of carbonyl (C=O) groups is 1. The van der Waals surface area contributed by atoms with Crippen molar-refractivity contribution >= 4 is 5.97 Å². The molecule has 0 saturated heterocycles. The molecule has 0 N–H and O–H groups in total. The molecule has 4 atom stereocenters. The number of hydrogen-bond acceptors (Lipinski definition) is 2. The zero-order chi connectivity index (χ0) is 10.5. The molecule has 3 saturated carbocycles. The van der Waals surface area contributed by atoms with Crippen LogP contribution in [0.1, 0.15) is 51.9 Å². The Balaban J connectivity index is 1.77. The Hall–Kier alpha value is -0.530. The molecule has 15 heavy (non-hydrogen) atoms. The first-order chi connectivity index (χ1) is 7.20. The van der Waals surface area contributed by atoms with Gasteiger partial charge in [0.1, 0.15) is 6.10 Å². The monoisotopic (exact) mass is 208 g/mol. The van der Waals surface area contributed by atoms with E-state index < -0.39 is 0 Å². The largest absolute Gasteiger partial charge is 0.463 e. The third-order valence-corrected chi connectivity index (χ3v) is 5.09. The minimum Gasteiger partial charge on any atom is -0.463 e. The number of hydrogen-bond donors (Lipinski definition) is 0. The Kier molecular flexibility index (Phi) is 2.08. The molecule has 0 aromatic carbocycles. The lowest BCUT2D eigenvalue weighted by atomic mass is 9.68. The summed E-state index contributed by atoms with van der Waals surface area (Å²) in [6.07, 6.45) is 9.59. The van der Waals surface area contributed by atoms with Gasteiger partial charge in [-0.3, -0.25) is 4.79 Å². The van der Waals surface area contributed by atoms with Crippen LogP contribution in [0.4, 0.5) is 0 Å². The standard InChI is InChI=1S/C13H20O2/c1-9(14)15-11-7-10-4-6-13(8-11)5-2-3-12(10)13/h10-12H,2-8H2,1H3. The first kappa shape index (κ1) is 9.68. The Morgan fingerprint density at radius 2 is 2.20 bits per heavy atom. The van der Waals surface area contributed by atoms with Gasteiger partial charge in [0, 0.05) is 6.92 Å². The third-order valence-electron chi connectivity index (χ3n) is 5.09. The van der Waals surface area contributed by atoms with Crippen molar-refractivity contribution in [3.05, 3.63) is 0 Å². The van der Waals surface area contributed by atoms with Gasteiger partial charge in [0.25, 0.3) is 0 Å². The molecule has 0 amide bonds. The maximum atomic E-state index is 11.0. The van der Waals surface area contributed by atoms with Crippen molar-refractivity contribution in [2.75, 3.05) is 0 Å². The second-order valence-electron chi connectivity index (χ2n) is 5.83. The van der Waals surface area contributed by atoms with E-state index in [1.54, 1.807) is 6.92 Å².